The summed E-state index contributed by atoms with van der Waals surface area (Å²) in [6, 6.07) is 9.38. The molecule has 1 aromatic carbocycles. The molecule has 0 amide bonds. The van der Waals surface area contributed by atoms with Gasteiger partial charge >= 0.3 is 0 Å². The Hall–Kier alpha value is -1.63. The molecule has 0 aliphatic heterocycles. The highest BCUT2D eigenvalue weighted by atomic mass is 127. The van der Waals surface area contributed by atoms with Crippen LogP contribution >= 0.6 is 22.6 Å². The highest BCUT2D eigenvalue weighted by Gasteiger charge is 2.01. The first-order valence-electron chi connectivity index (χ1n) is 4.99. The van der Waals surface area contributed by atoms with Crippen molar-refractivity contribution in [1.82, 2.24) is 4.98 Å². The number of anilines is 3. The van der Waals surface area contributed by atoms with Gasteiger partial charge in [0.2, 0.25) is 0 Å². The SMILES string of the molecule is Nc1ccc(Nc2ccncc2)c(/N=C\I)c1. The second-order valence-corrected chi connectivity index (χ2v) is 3.92. The molecule has 0 fully saturated rings. The van der Waals surface area contributed by atoms with Crippen molar-refractivity contribution in [3.05, 3.63) is 42.7 Å². The van der Waals surface area contributed by atoms with Gasteiger partial charge in [0.05, 0.1) is 15.6 Å². The van der Waals surface area contributed by atoms with Gasteiger partial charge in [-0.1, -0.05) is 0 Å². The number of nitrogens with zero attached hydrogens (tertiary/aromatic N) is 2. The largest absolute Gasteiger partial charge is 0.399 e. The van der Waals surface area contributed by atoms with E-state index in [0.29, 0.717) is 5.69 Å². The fraction of sp³-hybridized carbons (Fsp3) is 0. The summed E-state index contributed by atoms with van der Waals surface area (Å²) in [4.78, 5) is 8.24. The van der Waals surface area contributed by atoms with Crippen molar-refractivity contribution in [3.8, 4) is 0 Å². The Morgan fingerprint density at radius 2 is 2.00 bits per heavy atom. The van der Waals surface area contributed by atoms with Crippen molar-refractivity contribution in [2.75, 3.05) is 11.1 Å². The number of benzene rings is 1. The average molecular weight is 338 g/mol. The van der Waals surface area contributed by atoms with E-state index in [1.54, 1.807) is 16.6 Å². The number of hydrogen-bond donors (Lipinski definition) is 2. The van der Waals surface area contributed by atoms with Gasteiger partial charge in [-0.2, -0.15) is 0 Å². The van der Waals surface area contributed by atoms with E-state index in [1.807, 2.05) is 30.3 Å². The molecule has 0 aliphatic rings. The summed E-state index contributed by atoms with van der Waals surface area (Å²) in [6.07, 6.45) is 3.47. The van der Waals surface area contributed by atoms with Gasteiger partial charge in [0.25, 0.3) is 0 Å². The first kappa shape index (κ1) is 11.8. The molecule has 0 spiro atoms. The third-order valence-electron chi connectivity index (χ3n) is 2.17. The number of rotatable bonds is 3. The first-order valence-corrected chi connectivity index (χ1v) is 6.23. The van der Waals surface area contributed by atoms with Gasteiger partial charge in [0.1, 0.15) is 0 Å². The van der Waals surface area contributed by atoms with Gasteiger partial charge in [-0.05, 0) is 52.9 Å². The normalized spacial score (nSPS) is 10.6. The summed E-state index contributed by atoms with van der Waals surface area (Å²) in [5.74, 6) is 0. The minimum Gasteiger partial charge on any atom is -0.399 e. The second kappa shape index (κ2) is 5.62. The minimum absolute atomic E-state index is 0.697. The third-order valence-corrected chi connectivity index (χ3v) is 2.45. The fourth-order valence-electron chi connectivity index (χ4n) is 1.40. The molecule has 17 heavy (non-hydrogen) atoms. The van der Waals surface area contributed by atoms with E-state index in [2.05, 4.69) is 37.9 Å². The van der Waals surface area contributed by atoms with Crippen molar-refractivity contribution in [2.24, 2.45) is 4.99 Å². The molecular formula is C12H11IN4. The minimum atomic E-state index is 0.697. The number of hydrogen-bond acceptors (Lipinski definition) is 4. The van der Waals surface area contributed by atoms with Crippen LogP contribution in [0.15, 0.2) is 47.7 Å². The average Bonchev–Trinajstić information content (AvgIpc) is 2.34. The summed E-state index contributed by atoms with van der Waals surface area (Å²) in [5.41, 5.74) is 9.13. The third kappa shape index (κ3) is 3.16. The lowest BCUT2D eigenvalue weighted by Crippen LogP contribution is -1.92. The summed E-state index contributed by atoms with van der Waals surface area (Å²) in [5, 5.41) is 3.27. The van der Waals surface area contributed by atoms with Crippen LogP contribution in [-0.4, -0.2) is 9.21 Å². The number of nitrogens with one attached hydrogen (secondary N) is 1. The van der Waals surface area contributed by atoms with E-state index in [4.69, 9.17) is 5.73 Å². The van der Waals surface area contributed by atoms with E-state index < -0.39 is 0 Å². The van der Waals surface area contributed by atoms with Gasteiger partial charge in [-0.25, -0.2) is 4.99 Å². The van der Waals surface area contributed by atoms with E-state index in [0.717, 1.165) is 17.1 Å². The van der Waals surface area contributed by atoms with Gasteiger partial charge < -0.3 is 11.1 Å². The lowest BCUT2D eigenvalue weighted by Gasteiger charge is -2.09. The summed E-state index contributed by atoms with van der Waals surface area (Å²) >= 11 is 2.08. The molecule has 2 rings (SSSR count). The monoisotopic (exact) mass is 338 g/mol. The Morgan fingerprint density at radius 3 is 2.71 bits per heavy atom. The Bertz CT molecular complexity index is 525. The van der Waals surface area contributed by atoms with Crippen molar-refractivity contribution < 1.29 is 0 Å². The molecule has 0 unspecified atom stereocenters. The molecule has 1 heterocycles. The molecule has 0 aliphatic carbocycles. The van der Waals surface area contributed by atoms with E-state index >= 15 is 0 Å². The van der Waals surface area contributed by atoms with E-state index in [1.165, 1.54) is 0 Å². The zero-order valence-corrected chi connectivity index (χ0v) is 11.1. The van der Waals surface area contributed by atoms with Crippen LogP contribution in [0.4, 0.5) is 22.7 Å². The quantitative estimate of drug-likeness (QED) is 0.511. The lowest BCUT2D eigenvalue weighted by atomic mass is 10.2. The fourth-order valence-corrected chi connectivity index (χ4v) is 1.70. The molecule has 4 nitrogen and oxygen atoms in total. The van der Waals surface area contributed by atoms with Gasteiger partial charge in [-0.3, -0.25) is 4.98 Å². The molecule has 0 radical (unpaired) electrons. The highest BCUT2D eigenvalue weighted by molar-refractivity contribution is 14.1. The first-order chi connectivity index (χ1) is 8.29. The second-order valence-electron chi connectivity index (χ2n) is 3.36. The van der Waals surface area contributed by atoms with Gasteiger partial charge in [-0.15, -0.1) is 0 Å². The molecule has 5 heteroatoms. The number of halogens is 1. The maximum atomic E-state index is 5.74. The number of pyridine rings is 1. The van der Waals surface area contributed by atoms with Crippen molar-refractivity contribution in [2.45, 2.75) is 0 Å². The van der Waals surface area contributed by atoms with Crippen molar-refractivity contribution in [1.29, 1.82) is 0 Å². The molecule has 0 bridgehead atoms. The maximum absolute atomic E-state index is 5.74. The van der Waals surface area contributed by atoms with Crippen LogP contribution in [0, 0.1) is 0 Å². The molecule has 0 saturated carbocycles. The van der Waals surface area contributed by atoms with Crippen LogP contribution in [0.25, 0.3) is 0 Å². The number of aromatic nitrogens is 1. The zero-order chi connectivity index (χ0) is 12.1. The Labute approximate surface area is 113 Å². The lowest BCUT2D eigenvalue weighted by molar-refractivity contribution is 1.32. The maximum Gasteiger partial charge on any atom is 0.0890 e. The number of aliphatic imine (C=N–C) groups is 1. The van der Waals surface area contributed by atoms with Gasteiger partial charge in [0.15, 0.2) is 0 Å². The van der Waals surface area contributed by atoms with Crippen LogP contribution in [-0.2, 0) is 0 Å². The summed E-state index contributed by atoms with van der Waals surface area (Å²) < 4.78 is 1.71. The predicted octanol–water partition coefficient (Wildman–Crippen LogP) is 3.50. The van der Waals surface area contributed by atoms with Crippen LogP contribution in [0.5, 0.6) is 0 Å². The Kier molecular flexibility index (Phi) is 3.92. The molecule has 3 N–H and O–H groups in total. The van der Waals surface area contributed by atoms with Crippen LogP contribution in [0.3, 0.4) is 0 Å². The van der Waals surface area contributed by atoms with Crippen molar-refractivity contribution >= 4 is 49.6 Å². The van der Waals surface area contributed by atoms with Crippen LogP contribution in [0.1, 0.15) is 0 Å². The van der Waals surface area contributed by atoms with Crippen LogP contribution in [0.2, 0.25) is 0 Å². The van der Waals surface area contributed by atoms with Crippen molar-refractivity contribution in [3.63, 3.8) is 0 Å². The smallest absolute Gasteiger partial charge is 0.0890 e. The summed E-state index contributed by atoms with van der Waals surface area (Å²) in [6.45, 7) is 0. The van der Waals surface area contributed by atoms with Gasteiger partial charge in [0, 0.05) is 23.8 Å². The standard InChI is InChI=1S/C12H11IN4/c13-8-16-12-7-9(14)1-2-11(12)17-10-3-5-15-6-4-10/h1-8H,14H2,(H,15,17)/b16-8-. The van der Waals surface area contributed by atoms with Crippen LogP contribution < -0.4 is 11.1 Å². The Balaban J connectivity index is 2.32. The predicted molar refractivity (Wildman–Crippen MR) is 80.5 cm³/mol. The zero-order valence-electron chi connectivity index (χ0n) is 8.97. The topological polar surface area (TPSA) is 63.3 Å². The Morgan fingerprint density at radius 1 is 1.24 bits per heavy atom. The summed E-state index contributed by atoms with van der Waals surface area (Å²) in [7, 11) is 0. The number of nitrogen functional groups attached to an aromatic ring is 1. The highest BCUT2D eigenvalue weighted by Crippen LogP contribution is 2.29. The number of nitrogens with two attached hydrogens (primary N) is 1. The van der Waals surface area contributed by atoms with E-state index in [9.17, 15) is 0 Å². The van der Waals surface area contributed by atoms with E-state index in [-0.39, 0.29) is 0 Å². The molecule has 86 valence electrons. The molecule has 0 saturated heterocycles. The molecular weight excluding hydrogens is 327 g/mol. The molecule has 0 atom stereocenters. The molecule has 1 aromatic heterocycles. The molecule has 2 aromatic rings.